The summed E-state index contributed by atoms with van der Waals surface area (Å²) in [6.45, 7) is 1.46. The molecule has 8 heterocycles. The fraction of sp³-hybridized carbons (Fsp3) is 0.355. The van der Waals surface area contributed by atoms with E-state index in [-0.39, 0.29) is 128 Å². The van der Waals surface area contributed by atoms with Gasteiger partial charge in [0, 0.05) is 171 Å². The van der Waals surface area contributed by atoms with Gasteiger partial charge in [-0.2, -0.15) is 0 Å². The Bertz CT molecular complexity index is 4370. The molecule has 0 saturated carbocycles. The van der Waals surface area contributed by atoms with Crippen LogP contribution in [0.1, 0.15) is 123 Å². The second kappa shape index (κ2) is 32.8. The van der Waals surface area contributed by atoms with Gasteiger partial charge in [0.25, 0.3) is 47.3 Å². The smallest absolute Gasteiger partial charge is 0.292 e. The van der Waals surface area contributed by atoms with Crippen LogP contribution >= 0.6 is 0 Å². The molecule has 0 bridgehead atoms. The Morgan fingerprint density at radius 2 is 0.687 bits per heavy atom. The van der Waals surface area contributed by atoms with Crippen LogP contribution in [-0.4, -0.2) is 186 Å². The number of nitrogens with one attached hydrogen (secondary N) is 12. The number of rotatable bonds is 32. The van der Waals surface area contributed by atoms with E-state index in [2.05, 4.69) is 83.7 Å². The van der Waals surface area contributed by atoms with Crippen molar-refractivity contribution in [1.82, 2.24) is 88.0 Å². The van der Waals surface area contributed by atoms with E-state index in [9.17, 15) is 57.5 Å². The minimum atomic E-state index is -0.701. The fourth-order valence-corrected chi connectivity index (χ4v) is 9.99. The minimum absolute atomic E-state index is 0.00834. The Morgan fingerprint density at radius 3 is 1.12 bits per heavy atom. The maximum atomic E-state index is 13.4. The lowest BCUT2D eigenvalue weighted by Crippen LogP contribution is -2.32. The summed E-state index contributed by atoms with van der Waals surface area (Å²) in [7, 11) is 16.7. The molecule has 0 aliphatic carbocycles. The molecule has 0 aliphatic rings. The molecule has 0 unspecified atom stereocenters. The maximum Gasteiger partial charge on any atom is 0.292 e. The molecular weight excluding hydrogens is 1290 g/mol. The van der Waals surface area contributed by atoms with Crippen LogP contribution in [0.4, 0.5) is 40.2 Å². The number of carbonyl (C=O) groups is 12. The number of hydrogen-bond donors (Lipinski definition) is 12. The standard InChI is InChI=1S/C62H79N25O12/c1-79(2)23-12-18-63-47(88)14-19-66-55(92)40-27-38(31-81(40)4)72-58(95)43-26-37(30-84(43)7)70-49(90)15-20-67-56(93)41-28-39(32-82(41)5)71-57(94)42-25-36(29-83(42)6)69-48(89)13-11-17-65-59(96)52-76-46(35-85(52)8)78-62(99)54-74-44(33-87(54)10)73-50(91)16-21-68-60(97)53-75-45(34-86(53)9)77-61(98)51-64-22-24-80(51)3/h22,24-35H,11-21,23H2,1-10H3,(H,63,88)(H,65,96)(H,66,92)(H,67,93)(H,68,97)(H,69,89)(H,70,90)(H,71,94)(H,72,95)(H,73,91)(H,77,98)(H,78,99). The third-order valence-corrected chi connectivity index (χ3v) is 14.9. The first kappa shape index (κ1) is 72.4. The normalized spacial score (nSPS) is 11.0. The van der Waals surface area contributed by atoms with Crippen molar-refractivity contribution in [3.8, 4) is 0 Å². The Labute approximate surface area is 566 Å². The van der Waals surface area contributed by atoms with Crippen LogP contribution in [0.2, 0.25) is 0 Å². The largest absolute Gasteiger partial charge is 0.356 e. The van der Waals surface area contributed by atoms with E-state index < -0.39 is 65.0 Å². The lowest BCUT2D eigenvalue weighted by atomic mass is 10.3. The van der Waals surface area contributed by atoms with Crippen molar-refractivity contribution in [1.29, 1.82) is 0 Å². The Balaban J connectivity index is 0.700. The molecule has 0 fully saturated rings. The van der Waals surface area contributed by atoms with Gasteiger partial charge in [0.05, 0.1) is 22.7 Å². The highest BCUT2D eigenvalue weighted by Gasteiger charge is 2.24. The number of aryl methyl sites for hydroxylation is 8. The molecule has 37 nitrogen and oxygen atoms in total. The van der Waals surface area contributed by atoms with E-state index in [1.165, 1.54) is 94.3 Å². The number of carbonyl (C=O) groups excluding carboxylic acids is 12. The van der Waals surface area contributed by atoms with Gasteiger partial charge in [0.15, 0.2) is 23.3 Å². The fourth-order valence-electron chi connectivity index (χ4n) is 9.99. The highest BCUT2D eigenvalue weighted by molar-refractivity contribution is 6.08. The highest BCUT2D eigenvalue weighted by atomic mass is 16.2. The van der Waals surface area contributed by atoms with Crippen molar-refractivity contribution >= 4 is 111 Å². The molecule has 37 heteroatoms. The van der Waals surface area contributed by atoms with Gasteiger partial charge in [-0.25, -0.2) is 19.9 Å². The molecule has 0 aliphatic heterocycles. The number of aromatic nitrogens is 12. The molecule has 12 amide bonds. The lowest BCUT2D eigenvalue weighted by molar-refractivity contribution is -0.121. The molecule has 524 valence electrons. The maximum absolute atomic E-state index is 13.4. The SMILES string of the molecule is CN(C)CCCNC(=O)CCNC(=O)c1cc(NC(=O)c2cc(NC(=O)CCNC(=O)c3cc(NC(=O)c4cc(NC(=O)CCCNC(=O)c5nc(NC(=O)c6nc(NC(=O)CCNC(=O)c7nc(NC(=O)c8nccn8C)cn7C)cn6C)cn5C)cn4C)cn3C)cn2C)cn1C. The van der Waals surface area contributed by atoms with E-state index in [0.717, 1.165) is 13.0 Å². The summed E-state index contributed by atoms with van der Waals surface area (Å²) in [6.07, 6.45) is 14.4. The summed E-state index contributed by atoms with van der Waals surface area (Å²) in [6, 6.07) is 5.92. The molecule has 12 N–H and O–H groups in total. The molecule has 0 spiro atoms. The zero-order valence-corrected chi connectivity index (χ0v) is 56.2. The van der Waals surface area contributed by atoms with Crippen molar-refractivity contribution < 1.29 is 57.5 Å². The number of nitrogens with zero attached hydrogens (tertiary/aromatic N) is 13. The third kappa shape index (κ3) is 19.8. The summed E-state index contributed by atoms with van der Waals surface area (Å²) < 4.78 is 11.8. The Hall–Kier alpha value is -12.4. The molecule has 8 aromatic rings. The monoisotopic (exact) mass is 1370 g/mol. The third-order valence-electron chi connectivity index (χ3n) is 14.9. The summed E-state index contributed by atoms with van der Waals surface area (Å²) in [5.74, 6) is -5.72. The van der Waals surface area contributed by atoms with E-state index in [4.69, 9.17) is 0 Å². The van der Waals surface area contributed by atoms with Crippen LogP contribution in [-0.2, 0) is 75.6 Å². The van der Waals surface area contributed by atoms with Gasteiger partial charge in [-0.05, 0) is 57.7 Å². The van der Waals surface area contributed by atoms with Gasteiger partial charge < -0.3 is 105 Å². The number of imidazole rings is 4. The van der Waals surface area contributed by atoms with Gasteiger partial charge in [-0.15, -0.1) is 0 Å². The molecule has 8 rings (SSSR count). The average Bonchev–Trinajstić information content (AvgIpc) is 1.70. The molecular formula is C62H79N25O12. The van der Waals surface area contributed by atoms with Gasteiger partial charge in [0.2, 0.25) is 41.1 Å². The van der Waals surface area contributed by atoms with Crippen molar-refractivity contribution in [3.05, 3.63) is 126 Å². The Morgan fingerprint density at radius 1 is 0.333 bits per heavy atom. The predicted octanol–water partition coefficient (Wildman–Crippen LogP) is 0.837. The van der Waals surface area contributed by atoms with E-state index in [1.54, 1.807) is 78.7 Å². The van der Waals surface area contributed by atoms with Gasteiger partial charge in [0.1, 0.15) is 22.8 Å². The van der Waals surface area contributed by atoms with Gasteiger partial charge in [-0.3, -0.25) is 57.5 Å². The van der Waals surface area contributed by atoms with Crippen LogP contribution in [0, 0.1) is 0 Å². The zero-order chi connectivity index (χ0) is 71.8. The summed E-state index contributed by atoms with van der Waals surface area (Å²) in [4.78, 5) is 174. The van der Waals surface area contributed by atoms with Crippen LogP contribution in [0.5, 0.6) is 0 Å². The molecule has 0 saturated heterocycles. The molecule has 0 radical (unpaired) electrons. The molecule has 0 aromatic carbocycles. The van der Waals surface area contributed by atoms with Crippen LogP contribution in [0.3, 0.4) is 0 Å². The number of anilines is 7. The summed E-state index contributed by atoms with van der Waals surface area (Å²) in [5.41, 5.74) is 2.13. The first-order chi connectivity index (χ1) is 47.1. The molecule has 99 heavy (non-hydrogen) atoms. The van der Waals surface area contributed by atoms with Crippen LogP contribution in [0.25, 0.3) is 0 Å². The van der Waals surface area contributed by atoms with Crippen molar-refractivity contribution in [3.63, 3.8) is 0 Å². The molecule has 8 aromatic heterocycles. The average molecular weight is 1370 g/mol. The van der Waals surface area contributed by atoms with Gasteiger partial charge in [-0.1, -0.05) is 0 Å². The Kier molecular flexibility index (Phi) is 24.0. The predicted molar refractivity (Wildman–Crippen MR) is 361 cm³/mol. The topological polar surface area (TPSA) is 443 Å². The lowest BCUT2D eigenvalue weighted by Gasteiger charge is -2.10. The van der Waals surface area contributed by atoms with Crippen molar-refractivity contribution in [2.45, 2.75) is 38.5 Å². The number of amides is 12. The van der Waals surface area contributed by atoms with Crippen molar-refractivity contribution in [2.75, 3.05) is 90.6 Å². The summed E-state index contributed by atoms with van der Waals surface area (Å²) >= 11 is 0. The quantitative estimate of drug-likeness (QED) is 0.0260. The number of hydrogen-bond acceptors (Lipinski definition) is 17. The van der Waals surface area contributed by atoms with E-state index in [0.29, 0.717) is 29.3 Å². The first-order valence-corrected chi connectivity index (χ1v) is 31.0. The highest BCUT2D eigenvalue weighted by Crippen LogP contribution is 2.21. The minimum Gasteiger partial charge on any atom is -0.356 e. The van der Waals surface area contributed by atoms with E-state index >= 15 is 0 Å². The van der Waals surface area contributed by atoms with Crippen LogP contribution < -0.4 is 63.8 Å². The zero-order valence-electron chi connectivity index (χ0n) is 56.2. The van der Waals surface area contributed by atoms with Crippen LogP contribution in [0.15, 0.2) is 80.0 Å². The molecule has 0 atom stereocenters. The summed E-state index contributed by atoms with van der Waals surface area (Å²) in [5, 5.41) is 32.3. The first-order valence-electron chi connectivity index (χ1n) is 31.0. The van der Waals surface area contributed by atoms with Crippen molar-refractivity contribution in [2.24, 2.45) is 56.4 Å². The second-order valence-electron chi connectivity index (χ2n) is 23.3. The van der Waals surface area contributed by atoms with Gasteiger partial charge >= 0.3 is 0 Å². The second-order valence-corrected chi connectivity index (χ2v) is 23.3. The van der Waals surface area contributed by atoms with E-state index in [1.807, 2.05) is 19.0 Å².